The molecule has 0 aromatic rings. The Morgan fingerprint density at radius 2 is 0.691 bits per heavy atom. The van der Waals surface area contributed by atoms with E-state index in [9.17, 15) is 19.8 Å². The summed E-state index contributed by atoms with van der Waals surface area (Å²) in [5.41, 5.74) is 0. The van der Waals surface area contributed by atoms with Crippen molar-refractivity contribution in [1.29, 1.82) is 0 Å². The lowest BCUT2D eigenvalue weighted by atomic mass is 10.0. The zero-order valence-corrected chi connectivity index (χ0v) is 46.1. The fourth-order valence-corrected chi connectivity index (χ4v) is 9.81. The highest BCUT2D eigenvalue weighted by molar-refractivity contribution is 5.76. The number of hydrogen-bond donors (Lipinski definition) is 3. The minimum absolute atomic E-state index is 0.00671. The smallest absolute Gasteiger partial charge is 0.305 e. The molecule has 6 nitrogen and oxygen atoms in total. The molecule has 2 atom stereocenters. The maximum atomic E-state index is 12.5. The van der Waals surface area contributed by atoms with Gasteiger partial charge in [-0.15, -0.1) is 0 Å². The number of carbonyl (C=O) groups is 2. The van der Waals surface area contributed by atoms with Crippen molar-refractivity contribution in [3.05, 3.63) is 12.2 Å². The Hall–Kier alpha value is -1.40. The summed E-state index contributed by atoms with van der Waals surface area (Å²) in [6.45, 7) is 4.97. The van der Waals surface area contributed by atoms with Crippen molar-refractivity contribution in [3.63, 3.8) is 0 Å². The average molecular weight is 961 g/mol. The van der Waals surface area contributed by atoms with E-state index in [1.807, 2.05) is 0 Å². The van der Waals surface area contributed by atoms with Gasteiger partial charge in [-0.3, -0.25) is 9.59 Å². The molecular weight excluding hydrogens is 839 g/mol. The standard InChI is InChI=1S/C62H121NO5/c1-3-5-7-9-11-13-15-16-17-18-19-22-25-28-31-35-38-42-46-50-54-60(65)59(58-64)63-61(66)55-51-47-43-39-36-32-29-26-23-20-21-24-27-30-33-37-41-45-49-53-57-68-62(67)56-52-48-44-40-34-14-12-10-8-6-4-2/h20,23,59-60,64-65H,3-19,21-22,24-58H2,1-2H3,(H,63,66)/b23-20-. The van der Waals surface area contributed by atoms with Crippen molar-refractivity contribution >= 4 is 11.9 Å². The zero-order valence-electron chi connectivity index (χ0n) is 46.1. The predicted molar refractivity (Wildman–Crippen MR) is 297 cm³/mol. The van der Waals surface area contributed by atoms with Crippen molar-refractivity contribution in [1.82, 2.24) is 5.32 Å². The molecule has 0 aromatic carbocycles. The van der Waals surface area contributed by atoms with E-state index >= 15 is 0 Å². The molecule has 0 aliphatic carbocycles. The van der Waals surface area contributed by atoms with Crippen molar-refractivity contribution in [2.45, 2.75) is 360 Å². The number of unbranched alkanes of at least 4 members (excludes halogenated alkanes) is 45. The summed E-state index contributed by atoms with van der Waals surface area (Å²) >= 11 is 0. The van der Waals surface area contributed by atoms with E-state index in [2.05, 4.69) is 31.3 Å². The van der Waals surface area contributed by atoms with Crippen LogP contribution in [0.2, 0.25) is 0 Å². The van der Waals surface area contributed by atoms with Gasteiger partial charge in [0.1, 0.15) is 0 Å². The zero-order chi connectivity index (χ0) is 49.3. The Balaban J connectivity index is 3.43. The van der Waals surface area contributed by atoms with E-state index < -0.39 is 12.1 Å². The summed E-state index contributed by atoms with van der Waals surface area (Å²) in [7, 11) is 0. The van der Waals surface area contributed by atoms with Gasteiger partial charge in [0.15, 0.2) is 0 Å². The molecular formula is C62H121NO5. The van der Waals surface area contributed by atoms with Crippen LogP contribution in [0.4, 0.5) is 0 Å². The molecule has 0 bridgehead atoms. The predicted octanol–water partition coefficient (Wildman–Crippen LogP) is 19.2. The molecule has 68 heavy (non-hydrogen) atoms. The summed E-state index contributed by atoms with van der Waals surface area (Å²) in [5.74, 6) is -0.0332. The van der Waals surface area contributed by atoms with Gasteiger partial charge in [0.05, 0.1) is 25.4 Å². The van der Waals surface area contributed by atoms with Gasteiger partial charge in [-0.25, -0.2) is 0 Å². The molecule has 3 N–H and O–H groups in total. The molecule has 0 saturated heterocycles. The van der Waals surface area contributed by atoms with E-state index in [0.29, 0.717) is 25.9 Å². The van der Waals surface area contributed by atoms with Crippen LogP contribution in [0, 0.1) is 0 Å². The average Bonchev–Trinajstić information content (AvgIpc) is 3.34. The van der Waals surface area contributed by atoms with E-state index in [1.54, 1.807) is 0 Å². The second kappa shape index (κ2) is 58.2. The molecule has 0 aliphatic heterocycles. The maximum Gasteiger partial charge on any atom is 0.305 e. The highest BCUT2D eigenvalue weighted by Gasteiger charge is 2.20. The third-order valence-electron chi connectivity index (χ3n) is 14.6. The Bertz CT molecular complexity index is 1020. The van der Waals surface area contributed by atoms with Crippen molar-refractivity contribution in [3.8, 4) is 0 Å². The topological polar surface area (TPSA) is 95.9 Å². The van der Waals surface area contributed by atoms with Gasteiger partial charge in [0.25, 0.3) is 0 Å². The third kappa shape index (κ3) is 53.9. The van der Waals surface area contributed by atoms with Crippen LogP contribution in [0.25, 0.3) is 0 Å². The number of nitrogens with one attached hydrogen (secondary N) is 1. The highest BCUT2D eigenvalue weighted by atomic mass is 16.5. The van der Waals surface area contributed by atoms with Crippen LogP contribution in [-0.2, 0) is 14.3 Å². The van der Waals surface area contributed by atoms with Gasteiger partial charge < -0.3 is 20.3 Å². The van der Waals surface area contributed by atoms with Crippen molar-refractivity contribution in [2.75, 3.05) is 13.2 Å². The molecule has 0 aliphatic rings. The fourth-order valence-electron chi connectivity index (χ4n) is 9.81. The summed E-state index contributed by atoms with van der Waals surface area (Å²) in [5, 5.41) is 23.4. The molecule has 0 spiro atoms. The number of hydrogen-bond acceptors (Lipinski definition) is 5. The molecule has 0 saturated carbocycles. The Labute approximate surface area is 425 Å². The Morgan fingerprint density at radius 1 is 0.397 bits per heavy atom. The van der Waals surface area contributed by atoms with Crippen LogP contribution in [0.3, 0.4) is 0 Å². The van der Waals surface area contributed by atoms with Crippen LogP contribution in [0.5, 0.6) is 0 Å². The second-order valence-electron chi connectivity index (χ2n) is 21.4. The highest BCUT2D eigenvalue weighted by Crippen LogP contribution is 2.18. The van der Waals surface area contributed by atoms with Crippen LogP contribution < -0.4 is 5.32 Å². The number of ether oxygens (including phenoxy) is 1. The number of aliphatic hydroxyl groups excluding tert-OH is 2. The first-order chi connectivity index (χ1) is 33.5. The number of rotatable bonds is 58. The second-order valence-corrected chi connectivity index (χ2v) is 21.4. The number of carbonyl (C=O) groups excluding carboxylic acids is 2. The number of esters is 1. The van der Waals surface area contributed by atoms with Crippen molar-refractivity contribution < 1.29 is 24.5 Å². The van der Waals surface area contributed by atoms with Crippen LogP contribution in [0.1, 0.15) is 348 Å². The van der Waals surface area contributed by atoms with Gasteiger partial charge in [0, 0.05) is 12.8 Å². The third-order valence-corrected chi connectivity index (χ3v) is 14.6. The molecule has 404 valence electrons. The van der Waals surface area contributed by atoms with Gasteiger partial charge in [-0.05, 0) is 51.4 Å². The minimum atomic E-state index is -0.670. The molecule has 0 radical (unpaired) electrons. The van der Waals surface area contributed by atoms with E-state index in [-0.39, 0.29) is 18.5 Å². The molecule has 0 fully saturated rings. The van der Waals surface area contributed by atoms with Crippen LogP contribution in [0.15, 0.2) is 12.2 Å². The van der Waals surface area contributed by atoms with Gasteiger partial charge in [0.2, 0.25) is 5.91 Å². The van der Waals surface area contributed by atoms with Gasteiger partial charge in [-0.2, -0.15) is 0 Å². The minimum Gasteiger partial charge on any atom is -0.466 e. The molecule has 0 aromatic heterocycles. The van der Waals surface area contributed by atoms with Crippen molar-refractivity contribution in [2.24, 2.45) is 0 Å². The number of allylic oxidation sites excluding steroid dienone is 2. The molecule has 1 amide bonds. The van der Waals surface area contributed by atoms with E-state index in [1.165, 1.54) is 276 Å². The Kier molecular flexibility index (Phi) is 57.0. The molecule has 0 rings (SSSR count). The van der Waals surface area contributed by atoms with E-state index in [0.717, 1.165) is 38.5 Å². The normalized spacial score (nSPS) is 12.6. The first-order valence-electron chi connectivity index (χ1n) is 30.9. The lowest BCUT2D eigenvalue weighted by molar-refractivity contribution is -0.143. The van der Waals surface area contributed by atoms with Crippen LogP contribution in [-0.4, -0.2) is 47.4 Å². The first kappa shape index (κ1) is 66.6. The summed E-state index contributed by atoms with van der Waals surface area (Å²) < 4.78 is 5.46. The molecule has 6 heteroatoms. The lowest BCUT2D eigenvalue weighted by Crippen LogP contribution is -2.45. The molecule has 2 unspecified atom stereocenters. The summed E-state index contributed by atoms with van der Waals surface area (Å²) in [4.78, 5) is 24.5. The van der Waals surface area contributed by atoms with E-state index in [4.69, 9.17) is 4.74 Å². The summed E-state index contributed by atoms with van der Waals surface area (Å²) in [6.07, 6.45) is 69.3. The monoisotopic (exact) mass is 960 g/mol. The number of amides is 1. The molecule has 0 heterocycles. The maximum absolute atomic E-state index is 12.5. The van der Waals surface area contributed by atoms with Crippen LogP contribution >= 0.6 is 0 Å². The number of aliphatic hydroxyl groups is 2. The lowest BCUT2D eigenvalue weighted by Gasteiger charge is -2.22. The van der Waals surface area contributed by atoms with Gasteiger partial charge >= 0.3 is 5.97 Å². The quantitative estimate of drug-likeness (QED) is 0.0321. The Morgan fingerprint density at radius 3 is 1.04 bits per heavy atom. The van der Waals surface area contributed by atoms with Gasteiger partial charge in [-0.1, -0.05) is 296 Å². The summed E-state index contributed by atoms with van der Waals surface area (Å²) in [6, 6.07) is -0.548. The fraction of sp³-hybridized carbons (Fsp3) is 0.935. The first-order valence-corrected chi connectivity index (χ1v) is 30.9. The SMILES string of the molecule is CCCCCCCCCCCCCCCCCCCCCCC(O)C(CO)NC(=O)CCCCCCCCC/C=C\CCCCCCCCCCCOC(=O)CCCCCCCCCCCCC. The largest absolute Gasteiger partial charge is 0.466 e.